The van der Waals surface area contributed by atoms with Gasteiger partial charge in [-0.2, -0.15) is 0 Å². The predicted octanol–water partition coefficient (Wildman–Crippen LogP) is 3.84. The Kier molecular flexibility index (Phi) is 3.08. The van der Waals surface area contributed by atoms with Crippen molar-refractivity contribution in [3.8, 4) is 0 Å². The van der Waals surface area contributed by atoms with Gasteiger partial charge in [0, 0.05) is 5.41 Å². The van der Waals surface area contributed by atoms with Gasteiger partial charge in [-0.15, -0.1) is 0 Å². The summed E-state index contributed by atoms with van der Waals surface area (Å²) in [6, 6.07) is 0. The van der Waals surface area contributed by atoms with Crippen LogP contribution in [0.2, 0.25) is 0 Å². The largest absolute Gasteiger partial charge is 0.395 e. The normalized spacial score (nSPS) is 40.0. The number of allylic oxidation sites excluding steroid dienone is 2. The Morgan fingerprint density at radius 3 is 2.24 bits per heavy atom. The minimum Gasteiger partial charge on any atom is -0.395 e. The maximum atomic E-state index is 10.3. The molecule has 1 saturated carbocycles. The molecule has 0 spiro atoms. The molecule has 2 nitrogen and oxygen atoms in total. The van der Waals surface area contributed by atoms with Gasteiger partial charge >= 0.3 is 0 Å². The third-order valence-corrected chi connectivity index (χ3v) is 6.03. The molecule has 0 amide bonds. The minimum atomic E-state index is -0.146. The lowest BCUT2D eigenvalue weighted by molar-refractivity contribution is -0.00694. The number of aliphatic hydroxyl groups is 2. The topological polar surface area (TPSA) is 40.5 Å². The van der Waals surface area contributed by atoms with Gasteiger partial charge in [0.1, 0.15) is 0 Å². The molecular formula is C19H30O2. The summed E-state index contributed by atoms with van der Waals surface area (Å²) in [6.45, 7) is 11.8. The first-order valence-corrected chi connectivity index (χ1v) is 8.25. The second-order valence-electron chi connectivity index (χ2n) is 9.53. The van der Waals surface area contributed by atoms with Crippen molar-refractivity contribution in [1.82, 2.24) is 0 Å². The zero-order valence-electron chi connectivity index (χ0n) is 14.2. The van der Waals surface area contributed by atoms with Crippen molar-refractivity contribution in [2.24, 2.45) is 21.7 Å². The SMILES string of the molecule is CC1(C)CC2(C)C=C3CC(C)(C)C(CO)=C3C(CO)(C1)C2. The van der Waals surface area contributed by atoms with Gasteiger partial charge in [0.15, 0.2) is 0 Å². The third kappa shape index (κ3) is 2.14. The summed E-state index contributed by atoms with van der Waals surface area (Å²) < 4.78 is 0. The van der Waals surface area contributed by atoms with Crippen LogP contribution in [0.5, 0.6) is 0 Å². The highest BCUT2D eigenvalue weighted by atomic mass is 16.3. The molecule has 0 heterocycles. The summed E-state index contributed by atoms with van der Waals surface area (Å²) >= 11 is 0. The van der Waals surface area contributed by atoms with Crippen LogP contribution in [0.1, 0.15) is 60.3 Å². The molecule has 0 radical (unpaired) electrons. The van der Waals surface area contributed by atoms with E-state index >= 15 is 0 Å². The molecule has 0 aromatic carbocycles. The minimum absolute atomic E-state index is 0.0239. The van der Waals surface area contributed by atoms with Crippen molar-refractivity contribution in [1.29, 1.82) is 0 Å². The van der Waals surface area contributed by atoms with Crippen LogP contribution in [0.25, 0.3) is 0 Å². The monoisotopic (exact) mass is 290 g/mol. The van der Waals surface area contributed by atoms with Gasteiger partial charge in [-0.25, -0.2) is 0 Å². The summed E-state index contributed by atoms with van der Waals surface area (Å²) in [5.41, 5.74) is 4.18. The van der Waals surface area contributed by atoms with E-state index in [2.05, 4.69) is 40.7 Å². The number of fused-ring (bicyclic) bond motifs is 4. The molecule has 1 fully saturated rings. The van der Waals surface area contributed by atoms with Gasteiger partial charge in [-0.1, -0.05) is 40.7 Å². The summed E-state index contributed by atoms with van der Waals surface area (Å²) in [6.07, 6.45) is 6.72. The second-order valence-corrected chi connectivity index (χ2v) is 9.53. The van der Waals surface area contributed by atoms with Crippen LogP contribution in [0.4, 0.5) is 0 Å². The Labute approximate surface area is 128 Å². The molecule has 3 aliphatic carbocycles. The van der Waals surface area contributed by atoms with E-state index in [-0.39, 0.29) is 34.9 Å². The maximum Gasteiger partial charge on any atom is 0.0653 e. The highest BCUT2D eigenvalue weighted by Crippen LogP contribution is 2.66. The van der Waals surface area contributed by atoms with Crippen molar-refractivity contribution in [2.45, 2.75) is 60.3 Å². The van der Waals surface area contributed by atoms with Crippen molar-refractivity contribution in [3.05, 3.63) is 22.8 Å². The summed E-state index contributed by atoms with van der Waals surface area (Å²) in [4.78, 5) is 0. The molecule has 2 atom stereocenters. The number of rotatable bonds is 2. The van der Waals surface area contributed by atoms with Crippen molar-refractivity contribution in [3.63, 3.8) is 0 Å². The highest BCUT2D eigenvalue weighted by molar-refractivity contribution is 5.53. The fraction of sp³-hybridized carbons (Fsp3) is 0.789. The molecule has 2 heteroatoms. The zero-order chi connectivity index (χ0) is 15.7. The summed E-state index contributed by atoms with van der Waals surface area (Å²) in [7, 11) is 0. The lowest BCUT2D eigenvalue weighted by Gasteiger charge is -2.56. The molecule has 0 aliphatic heterocycles. The Morgan fingerprint density at radius 1 is 1.00 bits per heavy atom. The Balaban J connectivity index is 2.25. The number of hydrogen-bond acceptors (Lipinski definition) is 2. The van der Waals surface area contributed by atoms with Gasteiger partial charge < -0.3 is 10.2 Å². The molecule has 3 rings (SSSR count). The van der Waals surface area contributed by atoms with E-state index in [0.29, 0.717) is 0 Å². The van der Waals surface area contributed by atoms with E-state index in [4.69, 9.17) is 0 Å². The van der Waals surface area contributed by atoms with Crippen LogP contribution in [0, 0.1) is 21.7 Å². The van der Waals surface area contributed by atoms with Gasteiger partial charge in [0.2, 0.25) is 0 Å². The standard InChI is InChI=1S/C19H30O2/c1-16(2)9-18(5)7-13-6-17(3,4)14(8-20)15(13)19(10-16,11-18)12-21/h7,20-21H,6,8-12H2,1-5H3. The van der Waals surface area contributed by atoms with E-state index in [1.54, 1.807) is 0 Å². The molecule has 2 unspecified atom stereocenters. The van der Waals surface area contributed by atoms with E-state index in [9.17, 15) is 10.2 Å². The van der Waals surface area contributed by atoms with Gasteiger partial charge in [0.05, 0.1) is 13.2 Å². The van der Waals surface area contributed by atoms with Crippen LogP contribution in [-0.2, 0) is 0 Å². The van der Waals surface area contributed by atoms with Crippen LogP contribution in [0.3, 0.4) is 0 Å². The molecule has 0 aromatic rings. The van der Waals surface area contributed by atoms with Gasteiger partial charge in [-0.3, -0.25) is 0 Å². The molecule has 118 valence electrons. The van der Waals surface area contributed by atoms with Crippen molar-refractivity contribution < 1.29 is 10.2 Å². The Bertz CT molecular complexity index is 538. The Morgan fingerprint density at radius 2 is 1.67 bits per heavy atom. The fourth-order valence-corrected chi connectivity index (χ4v) is 6.14. The lowest BCUT2D eigenvalue weighted by Crippen LogP contribution is -2.47. The second kappa shape index (κ2) is 4.23. The van der Waals surface area contributed by atoms with E-state index in [1.165, 1.54) is 23.1 Å². The zero-order valence-corrected chi connectivity index (χ0v) is 14.2. The first-order valence-electron chi connectivity index (χ1n) is 8.25. The molecule has 2 bridgehead atoms. The van der Waals surface area contributed by atoms with Crippen LogP contribution in [0.15, 0.2) is 22.8 Å². The average molecular weight is 290 g/mol. The first kappa shape index (κ1) is 15.3. The highest BCUT2D eigenvalue weighted by Gasteiger charge is 2.56. The maximum absolute atomic E-state index is 10.3. The quantitative estimate of drug-likeness (QED) is 0.811. The van der Waals surface area contributed by atoms with Gasteiger partial charge in [-0.05, 0) is 58.6 Å². The molecule has 0 saturated heterocycles. The molecule has 3 aliphatic rings. The summed E-state index contributed by atoms with van der Waals surface area (Å²) in [5, 5.41) is 20.3. The van der Waals surface area contributed by atoms with Crippen LogP contribution < -0.4 is 0 Å². The predicted molar refractivity (Wildman–Crippen MR) is 85.9 cm³/mol. The lowest BCUT2D eigenvalue weighted by atomic mass is 9.49. The third-order valence-electron chi connectivity index (χ3n) is 6.03. The smallest absolute Gasteiger partial charge is 0.0653 e. The molecule has 21 heavy (non-hydrogen) atoms. The van der Waals surface area contributed by atoms with E-state index in [1.807, 2.05) is 0 Å². The van der Waals surface area contributed by atoms with Crippen molar-refractivity contribution >= 4 is 0 Å². The molecule has 2 N–H and O–H groups in total. The molecule has 0 aromatic heterocycles. The molecular weight excluding hydrogens is 260 g/mol. The van der Waals surface area contributed by atoms with Crippen LogP contribution in [-0.4, -0.2) is 23.4 Å². The van der Waals surface area contributed by atoms with Gasteiger partial charge in [0.25, 0.3) is 0 Å². The van der Waals surface area contributed by atoms with Crippen molar-refractivity contribution in [2.75, 3.05) is 13.2 Å². The van der Waals surface area contributed by atoms with E-state index in [0.717, 1.165) is 19.3 Å². The first-order chi connectivity index (χ1) is 9.56. The average Bonchev–Trinajstić information content (AvgIpc) is 2.55. The Hall–Kier alpha value is -0.600. The number of hydrogen-bond donors (Lipinski definition) is 2. The number of aliphatic hydroxyl groups excluding tert-OH is 2. The van der Waals surface area contributed by atoms with Crippen LogP contribution >= 0.6 is 0 Å². The van der Waals surface area contributed by atoms with E-state index < -0.39 is 0 Å². The fourth-order valence-electron chi connectivity index (χ4n) is 6.14. The summed E-state index contributed by atoms with van der Waals surface area (Å²) in [5.74, 6) is 0.